The number of rotatable bonds is 3. The number of hydrogen-bond acceptors (Lipinski definition) is 4. The van der Waals surface area contributed by atoms with Crippen LogP contribution in [0.5, 0.6) is 0 Å². The fraction of sp³-hybridized carbons (Fsp3) is 0.727. The van der Waals surface area contributed by atoms with Crippen LogP contribution >= 0.6 is 0 Å². The Morgan fingerprint density at radius 3 is 3.06 bits per heavy atom. The van der Waals surface area contributed by atoms with Crippen molar-refractivity contribution in [3.05, 3.63) is 11.9 Å². The van der Waals surface area contributed by atoms with E-state index in [-0.39, 0.29) is 19.1 Å². The van der Waals surface area contributed by atoms with Gasteiger partial charge in [-0.3, -0.25) is 4.79 Å². The first-order valence-corrected chi connectivity index (χ1v) is 6.00. The summed E-state index contributed by atoms with van der Waals surface area (Å²) in [7, 11) is 0. The van der Waals surface area contributed by atoms with Gasteiger partial charge in [-0.25, -0.2) is 4.68 Å². The van der Waals surface area contributed by atoms with Crippen LogP contribution in [0.1, 0.15) is 31.9 Å². The van der Waals surface area contributed by atoms with Gasteiger partial charge in [-0.2, -0.15) is 0 Å². The molecule has 17 heavy (non-hydrogen) atoms. The summed E-state index contributed by atoms with van der Waals surface area (Å²) >= 11 is 0. The predicted molar refractivity (Wildman–Crippen MR) is 61.0 cm³/mol. The van der Waals surface area contributed by atoms with E-state index in [1.807, 2.05) is 4.90 Å². The molecule has 0 unspecified atom stereocenters. The van der Waals surface area contributed by atoms with E-state index in [0.29, 0.717) is 11.7 Å². The third-order valence-corrected chi connectivity index (χ3v) is 3.17. The SMILES string of the molecule is C[C@H]1CCCCN1C(=O)Cn1cc(CO)nn1. The van der Waals surface area contributed by atoms with Crippen molar-refractivity contribution in [2.75, 3.05) is 6.54 Å². The molecule has 2 heterocycles. The van der Waals surface area contributed by atoms with Crippen LogP contribution in [0.2, 0.25) is 0 Å². The van der Waals surface area contributed by atoms with Crippen molar-refractivity contribution < 1.29 is 9.90 Å². The molecule has 1 aliphatic rings. The van der Waals surface area contributed by atoms with Gasteiger partial charge in [-0.1, -0.05) is 5.21 Å². The van der Waals surface area contributed by atoms with Gasteiger partial charge in [0.1, 0.15) is 12.2 Å². The fourth-order valence-corrected chi connectivity index (χ4v) is 2.19. The van der Waals surface area contributed by atoms with Crippen molar-refractivity contribution in [1.29, 1.82) is 0 Å². The lowest BCUT2D eigenvalue weighted by atomic mass is 10.0. The molecule has 1 aromatic heterocycles. The molecule has 1 aromatic rings. The maximum atomic E-state index is 12.1. The van der Waals surface area contributed by atoms with Gasteiger partial charge in [0, 0.05) is 12.6 Å². The topological polar surface area (TPSA) is 71.2 Å². The molecule has 2 rings (SSSR count). The van der Waals surface area contributed by atoms with E-state index in [4.69, 9.17) is 5.11 Å². The molecule has 0 bridgehead atoms. The summed E-state index contributed by atoms with van der Waals surface area (Å²) in [5, 5.41) is 16.4. The van der Waals surface area contributed by atoms with Crippen molar-refractivity contribution in [3.8, 4) is 0 Å². The highest BCUT2D eigenvalue weighted by molar-refractivity contribution is 5.76. The minimum absolute atomic E-state index is 0.0755. The van der Waals surface area contributed by atoms with E-state index in [2.05, 4.69) is 17.2 Å². The van der Waals surface area contributed by atoms with Crippen LogP contribution in [-0.4, -0.2) is 43.5 Å². The second kappa shape index (κ2) is 5.27. The summed E-state index contributed by atoms with van der Waals surface area (Å²) in [6.07, 6.45) is 4.95. The van der Waals surface area contributed by atoms with E-state index >= 15 is 0 Å². The monoisotopic (exact) mass is 238 g/mol. The minimum Gasteiger partial charge on any atom is -0.390 e. The van der Waals surface area contributed by atoms with Crippen LogP contribution in [0.15, 0.2) is 6.20 Å². The third kappa shape index (κ3) is 2.82. The van der Waals surface area contributed by atoms with Crippen LogP contribution in [0.25, 0.3) is 0 Å². The lowest BCUT2D eigenvalue weighted by Crippen LogP contribution is -2.43. The summed E-state index contributed by atoms with van der Waals surface area (Å²) in [4.78, 5) is 14.0. The molecule has 1 saturated heterocycles. The lowest BCUT2D eigenvalue weighted by Gasteiger charge is -2.33. The zero-order valence-electron chi connectivity index (χ0n) is 10.0. The normalized spacial score (nSPS) is 20.6. The number of amides is 1. The van der Waals surface area contributed by atoms with E-state index in [1.165, 1.54) is 11.1 Å². The molecule has 0 aliphatic carbocycles. The highest BCUT2D eigenvalue weighted by Crippen LogP contribution is 2.16. The molecule has 1 fully saturated rings. The van der Waals surface area contributed by atoms with Gasteiger partial charge in [-0.15, -0.1) is 5.10 Å². The van der Waals surface area contributed by atoms with Gasteiger partial charge in [0.2, 0.25) is 5.91 Å². The highest BCUT2D eigenvalue weighted by Gasteiger charge is 2.23. The predicted octanol–water partition coefficient (Wildman–Crippen LogP) is 0.171. The van der Waals surface area contributed by atoms with Gasteiger partial charge in [-0.05, 0) is 26.2 Å². The van der Waals surface area contributed by atoms with Crippen molar-refractivity contribution in [3.63, 3.8) is 0 Å². The van der Waals surface area contributed by atoms with Crippen LogP contribution in [0.4, 0.5) is 0 Å². The lowest BCUT2D eigenvalue weighted by molar-refractivity contribution is -0.135. The third-order valence-electron chi connectivity index (χ3n) is 3.17. The van der Waals surface area contributed by atoms with Crippen LogP contribution in [-0.2, 0) is 17.9 Å². The standard InChI is InChI=1S/C11H18N4O2/c1-9-4-2-3-5-15(9)11(17)7-14-6-10(8-16)12-13-14/h6,9,16H,2-5,7-8H2,1H3/t9-/m0/s1. The van der Waals surface area contributed by atoms with E-state index in [0.717, 1.165) is 19.4 Å². The number of carbonyl (C=O) groups excluding carboxylic acids is 1. The summed E-state index contributed by atoms with van der Waals surface area (Å²) in [6, 6.07) is 0.317. The molecule has 1 atom stereocenters. The van der Waals surface area contributed by atoms with Crippen LogP contribution < -0.4 is 0 Å². The van der Waals surface area contributed by atoms with Gasteiger partial charge >= 0.3 is 0 Å². The minimum atomic E-state index is -0.145. The van der Waals surface area contributed by atoms with Crippen molar-refractivity contribution in [2.24, 2.45) is 0 Å². The average molecular weight is 238 g/mol. The molecule has 1 amide bonds. The van der Waals surface area contributed by atoms with E-state index in [1.54, 1.807) is 6.20 Å². The molecule has 94 valence electrons. The Kier molecular flexibility index (Phi) is 3.73. The molecular weight excluding hydrogens is 220 g/mol. The Hall–Kier alpha value is -1.43. The van der Waals surface area contributed by atoms with Crippen LogP contribution in [0, 0.1) is 0 Å². The molecule has 1 N–H and O–H groups in total. The Balaban J connectivity index is 1.95. The number of aliphatic hydroxyl groups excluding tert-OH is 1. The summed E-state index contributed by atoms with van der Waals surface area (Å²) in [5.41, 5.74) is 0.490. The number of likely N-dealkylation sites (tertiary alicyclic amines) is 1. The Labute approximate surface area is 100 Å². The summed E-state index contributed by atoms with van der Waals surface area (Å²) < 4.78 is 1.48. The van der Waals surface area contributed by atoms with Gasteiger partial charge < -0.3 is 10.0 Å². The largest absolute Gasteiger partial charge is 0.390 e. The number of hydrogen-bond donors (Lipinski definition) is 1. The average Bonchev–Trinajstić information content (AvgIpc) is 2.77. The quantitative estimate of drug-likeness (QED) is 0.815. The molecule has 1 aliphatic heterocycles. The smallest absolute Gasteiger partial charge is 0.244 e. The van der Waals surface area contributed by atoms with Crippen molar-refractivity contribution >= 4 is 5.91 Å². The van der Waals surface area contributed by atoms with Crippen molar-refractivity contribution in [1.82, 2.24) is 19.9 Å². The molecule has 6 nitrogen and oxygen atoms in total. The summed E-state index contributed by atoms with van der Waals surface area (Å²) in [5.74, 6) is 0.0755. The Morgan fingerprint density at radius 1 is 1.59 bits per heavy atom. The van der Waals surface area contributed by atoms with Gasteiger partial charge in [0.15, 0.2) is 0 Å². The first-order chi connectivity index (χ1) is 8.20. The summed E-state index contributed by atoms with van der Waals surface area (Å²) in [6.45, 7) is 2.98. The fourth-order valence-electron chi connectivity index (χ4n) is 2.19. The Morgan fingerprint density at radius 2 is 2.41 bits per heavy atom. The Bertz CT molecular complexity index is 391. The molecule has 0 saturated carbocycles. The van der Waals surface area contributed by atoms with Gasteiger partial charge in [0.25, 0.3) is 0 Å². The molecular formula is C11H18N4O2. The van der Waals surface area contributed by atoms with Crippen LogP contribution in [0.3, 0.4) is 0 Å². The maximum absolute atomic E-state index is 12.1. The molecule has 0 aromatic carbocycles. The van der Waals surface area contributed by atoms with Crippen molar-refractivity contribution in [2.45, 2.75) is 45.4 Å². The number of piperidine rings is 1. The van der Waals surface area contributed by atoms with Gasteiger partial charge in [0.05, 0.1) is 12.8 Å². The van der Waals surface area contributed by atoms with E-state index < -0.39 is 0 Å². The zero-order chi connectivity index (χ0) is 12.3. The highest BCUT2D eigenvalue weighted by atomic mass is 16.3. The molecule has 0 spiro atoms. The second-order valence-corrected chi connectivity index (χ2v) is 4.50. The second-order valence-electron chi connectivity index (χ2n) is 4.50. The molecule has 6 heteroatoms. The number of aromatic nitrogens is 3. The zero-order valence-corrected chi connectivity index (χ0v) is 10.0. The number of carbonyl (C=O) groups is 1. The molecule has 0 radical (unpaired) electrons. The number of nitrogens with zero attached hydrogens (tertiary/aromatic N) is 4. The first kappa shape index (κ1) is 12.0. The first-order valence-electron chi connectivity index (χ1n) is 6.00. The van der Waals surface area contributed by atoms with E-state index in [9.17, 15) is 4.79 Å². The number of aliphatic hydroxyl groups is 1. The maximum Gasteiger partial charge on any atom is 0.244 e.